The molecule has 7 heteroatoms. The molecule has 1 saturated carbocycles. The summed E-state index contributed by atoms with van der Waals surface area (Å²) in [4.78, 5) is 12.2. The fourth-order valence-corrected chi connectivity index (χ4v) is 5.28. The number of alkyl halides is 2. The third-order valence-electron chi connectivity index (χ3n) is 7.42. The number of aliphatic hydroxyl groups is 1. The number of β-amino-alcohol motifs (C(OH)–C–C–N with tert-alkyl or cyclic N) is 1. The second-order valence-electron chi connectivity index (χ2n) is 11.2. The van der Waals surface area contributed by atoms with Crippen LogP contribution in [0, 0.1) is 12.8 Å². The van der Waals surface area contributed by atoms with Gasteiger partial charge in [0.25, 0.3) is 0 Å². The molecular weight excluding hydrogens is 488 g/mol. The predicted octanol–water partition coefficient (Wildman–Crippen LogP) is 6.86. The molecule has 0 spiro atoms. The zero-order chi connectivity index (χ0) is 27.9. The molecular formula is C31H43F2NO4. The number of rotatable bonds is 12. The van der Waals surface area contributed by atoms with E-state index in [-0.39, 0.29) is 43.0 Å². The highest BCUT2D eigenvalue weighted by atomic mass is 19.3. The summed E-state index contributed by atoms with van der Waals surface area (Å²) in [5.74, 6) is -2.56. The van der Waals surface area contributed by atoms with Crippen molar-refractivity contribution in [1.82, 2.24) is 5.32 Å². The maximum Gasteiger partial charge on any atom is 0.338 e. The first kappa shape index (κ1) is 30.2. The van der Waals surface area contributed by atoms with E-state index in [1.54, 1.807) is 13.0 Å². The van der Waals surface area contributed by atoms with Gasteiger partial charge in [0.2, 0.25) is 5.92 Å². The molecule has 0 heterocycles. The van der Waals surface area contributed by atoms with Gasteiger partial charge in [-0.2, -0.15) is 0 Å². The third-order valence-corrected chi connectivity index (χ3v) is 7.42. The molecule has 38 heavy (non-hydrogen) atoms. The standard InChI is InChI=1S/C31H43F2NO4/c1-6-37-29(36)26-12-11-24(17-21(26)2)28-10-8-7-9-27(28)22(3)38-20-25(35)19-34-30(4,5)18-23-13-15-31(32,33)16-14-23/h7-12,17,22-23,25,34-35H,6,13-16,18-20H2,1-5H3/t22-,25-/m1/s1. The molecule has 5 nitrogen and oxygen atoms in total. The molecule has 1 fully saturated rings. The van der Waals surface area contributed by atoms with Crippen molar-refractivity contribution in [2.24, 2.45) is 5.92 Å². The van der Waals surface area contributed by atoms with E-state index in [0.29, 0.717) is 31.6 Å². The Morgan fingerprint density at radius 2 is 1.87 bits per heavy atom. The molecule has 210 valence electrons. The quantitative estimate of drug-likeness (QED) is 0.293. The lowest BCUT2D eigenvalue weighted by Gasteiger charge is -2.35. The summed E-state index contributed by atoms with van der Waals surface area (Å²) in [6, 6.07) is 13.6. The fraction of sp³-hybridized carbons (Fsp3) is 0.581. The van der Waals surface area contributed by atoms with Crippen molar-refractivity contribution in [3.05, 3.63) is 59.2 Å². The Balaban J connectivity index is 1.55. The molecule has 3 rings (SSSR count). The van der Waals surface area contributed by atoms with Crippen LogP contribution >= 0.6 is 0 Å². The van der Waals surface area contributed by atoms with Gasteiger partial charge < -0.3 is 19.9 Å². The van der Waals surface area contributed by atoms with E-state index >= 15 is 0 Å². The zero-order valence-electron chi connectivity index (χ0n) is 23.4. The average molecular weight is 532 g/mol. The molecule has 1 aliphatic carbocycles. The van der Waals surface area contributed by atoms with Crippen molar-refractivity contribution in [2.45, 2.75) is 90.4 Å². The van der Waals surface area contributed by atoms with Crippen molar-refractivity contribution in [3.63, 3.8) is 0 Å². The number of aliphatic hydroxyl groups excluding tert-OH is 1. The van der Waals surface area contributed by atoms with E-state index in [2.05, 4.69) is 19.2 Å². The minimum atomic E-state index is -2.51. The molecule has 1 aliphatic rings. The number of esters is 1. The Labute approximate surface area is 225 Å². The summed E-state index contributed by atoms with van der Waals surface area (Å²) in [6.07, 6.45) is 0.873. The largest absolute Gasteiger partial charge is 0.462 e. The van der Waals surface area contributed by atoms with Crippen LogP contribution in [0.3, 0.4) is 0 Å². The number of hydrogen-bond donors (Lipinski definition) is 2. The highest BCUT2D eigenvalue weighted by Gasteiger charge is 2.36. The number of aryl methyl sites for hydroxylation is 1. The number of halogens is 2. The van der Waals surface area contributed by atoms with Crippen LogP contribution in [0.5, 0.6) is 0 Å². The fourth-order valence-electron chi connectivity index (χ4n) is 5.28. The summed E-state index contributed by atoms with van der Waals surface area (Å²) in [5.41, 5.74) is 4.11. The lowest BCUT2D eigenvalue weighted by molar-refractivity contribution is -0.0491. The van der Waals surface area contributed by atoms with E-state index in [4.69, 9.17) is 9.47 Å². The average Bonchev–Trinajstić information content (AvgIpc) is 2.87. The molecule has 2 atom stereocenters. The molecule has 0 bridgehead atoms. The first-order valence-corrected chi connectivity index (χ1v) is 13.7. The second-order valence-corrected chi connectivity index (χ2v) is 11.2. The maximum atomic E-state index is 13.5. The molecule has 0 unspecified atom stereocenters. The molecule has 0 aliphatic heterocycles. The Morgan fingerprint density at radius 1 is 1.18 bits per heavy atom. The number of benzene rings is 2. The lowest BCUT2D eigenvalue weighted by atomic mass is 9.79. The van der Waals surface area contributed by atoms with Crippen LogP contribution in [0.1, 0.15) is 87.4 Å². The van der Waals surface area contributed by atoms with Crippen LogP contribution in [-0.2, 0) is 9.47 Å². The van der Waals surface area contributed by atoms with Gasteiger partial charge in [-0.3, -0.25) is 0 Å². The van der Waals surface area contributed by atoms with Crippen molar-refractivity contribution >= 4 is 5.97 Å². The summed E-state index contributed by atoms with van der Waals surface area (Å²) in [6.45, 7) is 10.6. The van der Waals surface area contributed by atoms with Gasteiger partial charge in [-0.25, -0.2) is 13.6 Å². The van der Waals surface area contributed by atoms with Gasteiger partial charge in [-0.1, -0.05) is 36.4 Å². The van der Waals surface area contributed by atoms with Gasteiger partial charge >= 0.3 is 5.97 Å². The predicted molar refractivity (Wildman–Crippen MR) is 147 cm³/mol. The van der Waals surface area contributed by atoms with Crippen LogP contribution in [-0.4, -0.2) is 48.4 Å². The van der Waals surface area contributed by atoms with Crippen LogP contribution in [0.2, 0.25) is 0 Å². The van der Waals surface area contributed by atoms with E-state index in [1.807, 2.05) is 50.2 Å². The highest BCUT2D eigenvalue weighted by Crippen LogP contribution is 2.39. The van der Waals surface area contributed by atoms with Gasteiger partial charge in [-0.05, 0) is 88.1 Å². The first-order chi connectivity index (χ1) is 17.9. The first-order valence-electron chi connectivity index (χ1n) is 13.7. The minimum absolute atomic E-state index is 0.0291. The molecule has 2 aromatic rings. The lowest BCUT2D eigenvalue weighted by Crippen LogP contribution is -2.46. The molecule has 0 aromatic heterocycles. The highest BCUT2D eigenvalue weighted by molar-refractivity contribution is 5.92. The monoisotopic (exact) mass is 531 g/mol. The number of ether oxygens (including phenoxy) is 2. The topological polar surface area (TPSA) is 67.8 Å². The van der Waals surface area contributed by atoms with Crippen LogP contribution in [0.4, 0.5) is 8.78 Å². The SMILES string of the molecule is CCOC(=O)c1ccc(-c2ccccc2[C@@H](C)OC[C@H](O)CNC(C)(C)CC2CCC(F)(F)CC2)cc1C. The summed E-state index contributed by atoms with van der Waals surface area (Å²) < 4.78 is 38.1. The Hall–Kier alpha value is -2.35. The Kier molecular flexibility index (Phi) is 10.4. The Bertz CT molecular complexity index is 1060. The van der Waals surface area contributed by atoms with Crippen LogP contribution < -0.4 is 5.32 Å². The third kappa shape index (κ3) is 8.58. The van der Waals surface area contributed by atoms with Gasteiger partial charge in [0.05, 0.1) is 31.0 Å². The zero-order valence-corrected chi connectivity index (χ0v) is 23.4. The Morgan fingerprint density at radius 3 is 2.53 bits per heavy atom. The van der Waals surface area contributed by atoms with Crippen molar-refractivity contribution in [3.8, 4) is 11.1 Å². The number of nitrogens with one attached hydrogen (secondary N) is 1. The summed E-state index contributed by atoms with van der Waals surface area (Å²) in [7, 11) is 0. The second kappa shape index (κ2) is 13.1. The summed E-state index contributed by atoms with van der Waals surface area (Å²) >= 11 is 0. The van der Waals surface area contributed by atoms with Crippen molar-refractivity contribution in [1.29, 1.82) is 0 Å². The van der Waals surface area contributed by atoms with E-state index in [0.717, 1.165) is 28.7 Å². The van der Waals surface area contributed by atoms with Crippen LogP contribution in [0.15, 0.2) is 42.5 Å². The van der Waals surface area contributed by atoms with Gasteiger partial charge in [0.15, 0.2) is 0 Å². The number of hydrogen-bond acceptors (Lipinski definition) is 5. The van der Waals surface area contributed by atoms with E-state index in [1.165, 1.54) is 0 Å². The molecule has 2 N–H and O–H groups in total. The summed E-state index contributed by atoms with van der Waals surface area (Å²) in [5, 5.41) is 14.0. The molecule has 0 saturated heterocycles. The number of carbonyl (C=O) groups is 1. The van der Waals surface area contributed by atoms with Crippen molar-refractivity contribution in [2.75, 3.05) is 19.8 Å². The van der Waals surface area contributed by atoms with Gasteiger partial charge in [0.1, 0.15) is 0 Å². The molecule has 0 radical (unpaired) electrons. The van der Waals surface area contributed by atoms with Gasteiger partial charge in [0, 0.05) is 24.9 Å². The molecule has 0 amide bonds. The maximum absolute atomic E-state index is 13.5. The molecule has 2 aromatic carbocycles. The van der Waals surface area contributed by atoms with Crippen LogP contribution in [0.25, 0.3) is 11.1 Å². The van der Waals surface area contributed by atoms with E-state index in [9.17, 15) is 18.7 Å². The normalized spacial score (nSPS) is 17.7. The number of carbonyl (C=O) groups excluding carboxylic acids is 1. The minimum Gasteiger partial charge on any atom is -0.462 e. The van der Waals surface area contributed by atoms with Crippen molar-refractivity contribution < 1.29 is 28.2 Å². The smallest absolute Gasteiger partial charge is 0.338 e. The van der Waals surface area contributed by atoms with Gasteiger partial charge in [-0.15, -0.1) is 0 Å². The van der Waals surface area contributed by atoms with E-state index < -0.39 is 12.0 Å².